The molecule has 3 aromatic rings. The average molecular weight is 305 g/mol. The number of fused-ring (bicyclic) bond motifs is 1. The van der Waals surface area contributed by atoms with Gasteiger partial charge in [0.25, 0.3) is 0 Å². The highest BCUT2D eigenvalue weighted by Crippen LogP contribution is 2.32. The highest BCUT2D eigenvalue weighted by atomic mass is 35.5. The van der Waals surface area contributed by atoms with Gasteiger partial charge >= 0.3 is 0 Å². The summed E-state index contributed by atoms with van der Waals surface area (Å²) in [4.78, 5) is 0. The molecule has 1 atom stereocenters. The number of nitrogens with one attached hydrogen (secondary N) is 1. The molecule has 5 heteroatoms. The largest absolute Gasteiger partial charge is 0.459 e. The molecule has 0 spiro atoms. The van der Waals surface area contributed by atoms with Crippen molar-refractivity contribution in [1.82, 2.24) is 5.43 Å². The fourth-order valence-corrected chi connectivity index (χ4v) is 2.71. The van der Waals surface area contributed by atoms with Gasteiger partial charge in [-0.25, -0.2) is 9.82 Å². The van der Waals surface area contributed by atoms with Gasteiger partial charge in [-0.15, -0.1) is 0 Å². The topological polar surface area (TPSA) is 51.2 Å². The van der Waals surface area contributed by atoms with E-state index in [1.807, 2.05) is 31.2 Å². The second-order valence-corrected chi connectivity index (χ2v) is 5.31. The zero-order chi connectivity index (χ0) is 15.0. The Morgan fingerprint density at radius 1 is 1.24 bits per heavy atom. The lowest BCUT2D eigenvalue weighted by Crippen LogP contribution is -2.28. The van der Waals surface area contributed by atoms with Crippen molar-refractivity contribution in [3.8, 4) is 0 Å². The van der Waals surface area contributed by atoms with Gasteiger partial charge in [0.05, 0.1) is 0 Å². The first kappa shape index (κ1) is 14.1. The van der Waals surface area contributed by atoms with E-state index in [0.717, 1.165) is 16.5 Å². The van der Waals surface area contributed by atoms with Crippen LogP contribution < -0.4 is 11.3 Å². The van der Waals surface area contributed by atoms with E-state index in [1.165, 1.54) is 12.1 Å². The maximum Gasteiger partial charge on any atom is 0.137 e. The third-order valence-electron chi connectivity index (χ3n) is 3.48. The van der Waals surface area contributed by atoms with Crippen LogP contribution in [0.4, 0.5) is 4.39 Å². The maximum atomic E-state index is 13.2. The van der Waals surface area contributed by atoms with E-state index in [9.17, 15) is 4.39 Å². The number of hydrogen-bond acceptors (Lipinski definition) is 3. The predicted molar refractivity (Wildman–Crippen MR) is 81.5 cm³/mol. The summed E-state index contributed by atoms with van der Waals surface area (Å²) in [6.07, 6.45) is 0. The summed E-state index contributed by atoms with van der Waals surface area (Å²) in [6, 6.07) is 11.6. The van der Waals surface area contributed by atoms with Gasteiger partial charge in [0, 0.05) is 10.4 Å². The second kappa shape index (κ2) is 5.48. The Balaban J connectivity index is 2.11. The summed E-state index contributed by atoms with van der Waals surface area (Å²) in [7, 11) is 0. The Labute approximate surface area is 126 Å². The van der Waals surface area contributed by atoms with Gasteiger partial charge in [-0.1, -0.05) is 35.9 Å². The normalized spacial score (nSPS) is 12.8. The molecule has 0 bridgehead atoms. The number of furan rings is 1. The van der Waals surface area contributed by atoms with Crippen LogP contribution in [0.2, 0.25) is 5.02 Å². The number of hydrogen-bond donors (Lipinski definition) is 2. The Morgan fingerprint density at radius 2 is 2.05 bits per heavy atom. The van der Waals surface area contributed by atoms with E-state index in [2.05, 4.69) is 5.43 Å². The minimum absolute atomic E-state index is 0.301. The molecule has 0 saturated heterocycles. The molecule has 21 heavy (non-hydrogen) atoms. The lowest BCUT2D eigenvalue weighted by Gasteiger charge is -2.15. The number of benzene rings is 2. The van der Waals surface area contributed by atoms with Crippen molar-refractivity contribution in [1.29, 1.82) is 0 Å². The van der Waals surface area contributed by atoms with Crippen molar-refractivity contribution in [3.63, 3.8) is 0 Å². The molecule has 2 aromatic carbocycles. The van der Waals surface area contributed by atoms with Gasteiger partial charge in [0.1, 0.15) is 23.2 Å². The van der Waals surface area contributed by atoms with Crippen molar-refractivity contribution in [2.45, 2.75) is 13.0 Å². The van der Waals surface area contributed by atoms with E-state index < -0.39 is 6.04 Å². The summed E-state index contributed by atoms with van der Waals surface area (Å²) >= 11 is 6.11. The SMILES string of the molecule is Cc1cccc2cc(C(NN)c3ccc(F)cc3Cl)oc12. The lowest BCUT2D eigenvalue weighted by atomic mass is 10.0. The Morgan fingerprint density at radius 3 is 2.71 bits per heavy atom. The van der Waals surface area contributed by atoms with Crippen LogP contribution in [0.5, 0.6) is 0 Å². The molecule has 3 N–H and O–H groups in total. The smallest absolute Gasteiger partial charge is 0.137 e. The highest BCUT2D eigenvalue weighted by Gasteiger charge is 2.20. The van der Waals surface area contributed by atoms with Crippen LogP contribution >= 0.6 is 11.6 Å². The first-order chi connectivity index (χ1) is 10.1. The summed E-state index contributed by atoms with van der Waals surface area (Å²) in [5, 5.41) is 1.29. The molecule has 1 unspecified atom stereocenters. The van der Waals surface area contributed by atoms with E-state index in [1.54, 1.807) is 6.07 Å². The number of nitrogens with two attached hydrogens (primary N) is 1. The maximum absolute atomic E-state index is 13.2. The van der Waals surface area contributed by atoms with Crippen LogP contribution in [0.15, 0.2) is 46.9 Å². The molecular formula is C16H14ClFN2O. The minimum Gasteiger partial charge on any atom is -0.459 e. The molecule has 0 aliphatic heterocycles. The monoisotopic (exact) mass is 304 g/mol. The molecule has 0 saturated carbocycles. The molecule has 0 radical (unpaired) electrons. The first-order valence-electron chi connectivity index (χ1n) is 6.50. The van der Waals surface area contributed by atoms with E-state index in [-0.39, 0.29) is 5.82 Å². The summed E-state index contributed by atoms with van der Waals surface area (Å²) in [6.45, 7) is 1.98. The van der Waals surface area contributed by atoms with Crippen molar-refractivity contribution in [3.05, 3.63) is 70.2 Å². The third kappa shape index (κ3) is 2.53. The van der Waals surface area contributed by atoms with Crippen molar-refractivity contribution < 1.29 is 8.81 Å². The minimum atomic E-state index is -0.440. The number of para-hydroxylation sites is 1. The fraction of sp³-hybridized carbons (Fsp3) is 0.125. The van der Waals surface area contributed by atoms with Crippen molar-refractivity contribution in [2.75, 3.05) is 0 Å². The molecule has 0 amide bonds. The van der Waals surface area contributed by atoms with Crippen LogP contribution in [0.3, 0.4) is 0 Å². The van der Waals surface area contributed by atoms with Gasteiger partial charge in [-0.05, 0) is 36.2 Å². The zero-order valence-electron chi connectivity index (χ0n) is 11.4. The van der Waals surface area contributed by atoms with E-state index >= 15 is 0 Å². The number of rotatable bonds is 3. The van der Waals surface area contributed by atoms with Crippen molar-refractivity contribution in [2.24, 2.45) is 5.84 Å². The van der Waals surface area contributed by atoms with E-state index in [4.69, 9.17) is 21.9 Å². The molecule has 3 nitrogen and oxygen atoms in total. The Kier molecular flexibility index (Phi) is 3.68. The molecule has 108 valence electrons. The zero-order valence-corrected chi connectivity index (χ0v) is 12.1. The molecule has 3 rings (SSSR count). The standard InChI is InChI=1S/C16H14ClFN2O/c1-9-3-2-4-10-7-14(21-16(9)10)15(20-19)12-6-5-11(18)8-13(12)17/h2-8,15,20H,19H2,1H3. The van der Waals surface area contributed by atoms with Crippen LogP contribution in [0.1, 0.15) is 22.9 Å². The summed E-state index contributed by atoms with van der Waals surface area (Å²) in [5.74, 6) is 5.89. The quantitative estimate of drug-likeness (QED) is 0.566. The number of hydrazine groups is 1. The first-order valence-corrected chi connectivity index (χ1v) is 6.88. The third-order valence-corrected chi connectivity index (χ3v) is 3.81. The predicted octanol–water partition coefficient (Wildman–Crippen LogP) is 4.09. The van der Waals surface area contributed by atoms with Crippen LogP contribution in [-0.2, 0) is 0 Å². The van der Waals surface area contributed by atoms with Crippen LogP contribution in [0, 0.1) is 12.7 Å². The molecule has 1 aromatic heterocycles. The fourth-order valence-electron chi connectivity index (χ4n) is 2.43. The van der Waals surface area contributed by atoms with Gasteiger partial charge in [0.2, 0.25) is 0 Å². The summed E-state index contributed by atoms with van der Waals surface area (Å²) in [5.41, 5.74) is 5.19. The molecule has 0 fully saturated rings. The Bertz CT molecular complexity index is 800. The average Bonchev–Trinajstić information content (AvgIpc) is 2.87. The molecule has 0 aliphatic carbocycles. The molecular weight excluding hydrogens is 291 g/mol. The highest BCUT2D eigenvalue weighted by molar-refractivity contribution is 6.31. The number of halogens is 2. The molecule has 0 aliphatic rings. The van der Waals surface area contributed by atoms with Gasteiger partial charge < -0.3 is 4.42 Å². The van der Waals surface area contributed by atoms with Crippen molar-refractivity contribution >= 4 is 22.6 Å². The Hall–Kier alpha value is -1.88. The van der Waals surface area contributed by atoms with Gasteiger partial charge in [-0.3, -0.25) is 5.84 Å². The van der Waals surface area contributed by atoms with Gasteiger partial charge in [0.15, 0.2) is 0 Å². The van der Waals surface area contributed by atoms with Crippen LogP contribution in [-0.4, -0.2) is 0 Å². The lowest BCUT2D eigenvalue weighted by molar-refractivity contribution is 0.476. The number of aryl methyl sites for hydroxylation is 1. The van der Waals surface area contributed by atoms with Gasteiger partial charge in [-0.2, -0.15) is 0 Å². The molecule has 1 heterocycles. The summed E-state index contributed by atoms with van der Waals surface area (Å²) < 4.78 is 19.1. The second-order valence-electron chi connectivity index (χ2n) is 4.91. The van der Waals surface area contributed by atoms with Crippen LogP contribution in [0.25, 0.3) is 11.0 Å². The van der Waals surface area contributed by atoms with E-state index in [0.29, 0.717) is 16.3 Å².